The molecule has 96 valence electrons. The molecule has 1 heteroatoms. The fourth-order valence-corrected chi connectivity index (χ4v) is 2.81. The molecule has 1 nitrogen and oxygen atoms in total. The highest BCUT2D eigenvalue weighted by Crippen LogP contribution is 2.31. The predicted molar refractivity (Wildman–Crippen MR) is 74.2 cm³/mol. The molecule has 17 heavy (non-hydrogen) atoms. The first-order valence-electron chi connectivity index (χ1n) is 6.58. The largest absolute Gasteiger partial charge is 0.388 e. The van der Waals surface area contributed by atoms with E-state index in [0.717, 1.165) is 12.0 Å². The zero-order valence-corrected chi connectivity index (χ0v) is 12.0. The molecule has 1 aromatic rings. The second-order valence-electron chi connectivity index (χ2n) is 5.86. The zero-order valence-electron chi connectivity index (χ0n) is 12.0. The van der Waals surface area contributed by atoms with Crippen LogP contribution in [0.2, 0.25) is 0 Å². The first kappa shape index (κ1) is 14.2. The first-order chi connectivity index (χ1) is 7.82. The molecule has 2 unspecified atom stereocenters. The molecule has 0 saturated heterocycles. The van der Waals surface area contributed by atoms with Gasteiger partial charge in [-0.1, -0.05) is 38.5 Å². The molecule has 1 rings (SSSR count). The summed E-state index contributed by atoms with van der Waals surface area (Å²) in [7, 11) is 0. The molecule has 0 bridgehead atoms. The van der Waals surface area contributed by atoms with Crippen molar-refractivity contribution in [1.82, 2.24) is 0 Å². The van der Waals surface area contributed by atoms with Gasteiger partial charge in [-0.2, -0.15) is 0 Å². The average molecular weight is 234 g/mol. The van der Waals surface area contributed by atoms with Crippen LogP contribution in [0.4, 0.5) is 0 Å². The monoisotopic (exact) mass is 234 g/mol. The summed E-state index contributed by atoms with van der Waals surface area (Å²) in [6, 6.07) is 4.32. The van der Waals surface area contributed by atoms with Crippen molar-refractivity contribution in [3.05, 3.63) is 34.4 Å². The Hall–Kier alpha value is -0.820. The van der Waals surface area contributed by atoms with E-state index in [0.29, 0.717) is 11.8 Å². The van der Waals surface area contributed by atoms with Crippen molar-refractivity contribution in [3.8, 4) is 0 Å². The van der Waals surface area contributed by atoms with Gasteiger partial charge in [-0.25, -0.2) is 0 Å². The lowest BCUT2D eigenvalue weighted by Crippen LogP contribution is -2.14. The van der Waals surface area contributed by atoms with Crippen LogP contribution in [0, 0.1) is 32.6 Å². The van der Waals surface area contributed by atoms with Crippen LogP contribution >= 0.6 is 0 Å². The summed E-state index contributed by atoms with van der Waals surface area (Å²) in [6.07, 6.45) is 0.728. The predicted octanol–water partition coefficient (Wildman–Crippen LogP) is 4.33. The number of rotatable bonds is 4. The standard InChI is InChI=1S/C16H26O/c1-10(2)7-14(6)16(17)15-12(4)8-11(3)9-13(15)5/h8-10,14,16-17H,7H2,1-6H3. The summed E-state index contributed by atoms with van der Waals surface area (Å²) >= 11 is 0. The van der Waals surface area contributed by atoms with Crippen LogP contribution in [0.3, 0.4) is 0 Å². The van der Waals surface area contributed by atoms with Gasteiger partial charge in [0, 0.05) is 0 Å². The van der Waals surface area contributed by atoms with E-state index in [9.17, 15) is 5.11 Å². The van der Waals surface area contributed by atoms with Crippen LogP contribution in [-0.2, 0) is 0 Å². The lowest BCUT2D eigenvalue weighted by molar-refractivity contribution is 0.104. The van der Waals surface area contributed by atoms with Gasteiger partial charge >= 0.3 is 0 Å². The van der Waals surface area contributed by atoms with E-state index in [1.165, 1.54) is 16.7 Å². The Labute approximate surface area is 106 Å². The highest BCUT2D eigenvalue weighted by molar-refractivity contribution is 5.39. The SMILES string of the molecule is Cc1cc(C)c(C(O)C(C)CC(C)C)c(C)c1. The highest BCUT2D eigenvalue weighted by atomic mass is 16.3. The maximum Gasteiger partial charge on any atom is 0.0820 e. The van der Waals surface area contributed by atoms with Gasteiger partial charge in [0.15, 0.2) is 0 Å². The highest BCUT2D eigenvalue weighted by Gasteiger charge is 2.20. The van der Waals surface area contributed by atoms with Gasteiger partial charge < -0.3 is 5.11 Å². The molecule has 0 fully saturated rings. The fraction of sp³-hybridized carbons (Fsp3) is 0.625. The van der Waals surface area contributed by atoms with E-state index in [2.05, 4.69) is 53.7 Å². The van der Waals surface area contributed by atoms with Gasteiger partial charge in [-0.3, -0.25) is 0 Å². The summed E-state index contributed by atoms with van der Waals surface area (Å²) in [5.41, 5.74) is 4.83. The Morgan fingerprint density at radius 1 is 1.00 bits per heavy atom. The van der Waals surface area contributed by atoms with Gasteiger partial charge in [0.25, 0.3) is 0 Å². The third-order valence-electron chi connectivity index (χ3n) is 3.42. The van der Waals surface area contributed by atoms with Crippen molar-refractivity contribution < 1.29 is 5.11 Å². The van der Waals surface area contributed by atoms with Crippen molar-refractivity contribution >= 4 is 0 Å². The van der Waals surface area contributed by atoms with Crippen molar-refractivity contribution in [2.75, 3.05) is 0 Å². The quantitative estimate of drug-likeness (QED) is 0.822. The molecule has 1 aromatic carbocycles. The zero-order chi connectivity index (χ0) is 13.2. The van der Waals surface area contributed by atoms with Crippen molar-refractivity contribution in [2.24, 2.45) is 11.8 Å². The first-order valence-corrected chi connectivity index (χ1v) is 6.58. The minimum absolute atomic E-state index is 0.315. The lowest BCUT2D eigenvalue weighted by atomic mass is 9.85. The second-order valence-corrected chi connectivity index (χ2v) is 5.86. The Morgan fingerprint density at radius 2 is 1.47 bits per heavy atom. The topological polar surface area (TPSA) is 20.2 Å². The number of aliphatic hydroxyl groups is 1. The van der Waals surface area contributed by atoms with Crippen molar-refractivity contribution in [1.29, 1.82) is 0 Å². The molecule has 0 amide bonds. The molecule has 0 aliphatic carbocycles. The summed E-state index contributed by atoms with van der Waals surface area (Å²) in [5.74, 6) is 0.945. The molecule has 0 heterocycles. The molecule has 0 spiro atoms. The van der Waals surface area contributed by atoms with Gasteiger partial charge in [0.2, 0.25) is 0 Å². The molecule has 0 aliphatic rings. The molecular weight excluding hydrogens is 208 g/mol. The van der Waals surface area contributed by atoms with E-state index >= 15 is 0 Å². The number of hydrogen-bond donors (Lipinski definition) is 1. The smallest absolute Gasteiger partial charge is 0.0820 e. The number of aliphatic hydroxyl groups excluding tert-OH is 1. The molecule has 0 aliphatic heterocycles. The van der Waals surface area contributed by atoms with E-state index in [4.69, 9.17) is 0 Å². The van der Waals surface area contributed by atoms with Crippen LogP contribution in [-0.4, -0.2) is 5.11 Å². The maximum atomic E-state index is 10.5. The Balaban J connectivity index is 2.99. The summed E-state index contributed by atoms with van der Waals surface area (Å²) in [6.45, 7) is 12.9. The summed E-state index contributed by atoms with van der Waals surface area (Å²) in [4.78, 5) is 0. The minimum Gasteiger partial charge on any atom is -0.388 e. The molecule has 0 radical (unpaired) electrons. The molecule has 1 N–H and O–H groups in total. The van der Waals surface area contributed by atoms with Gasteiger partial charge in [0.1, 0.15) is 0 Å². The summed E-state index contributed by atoms with van der Waals surface area (Å²) < 4.78 is 0. The third kappa shape index (κ3) is 3.57. The van der Waals surface area contributed by atoms with Crippen LogP contribution in [0.15, 0.2) is 12.1 Å². The third-order valence-corrected chi connectivity index (χ3v) is 3.42. The van der Waals surface area contributed by atoms with Crippen molar-refractivity contribution in [2.45, 2.75) is 54.1 Å². The second kappa shape index (κ2) is 5.68. The molecular formula is C16H26O. The van der Waals surface area contributed by atoms with Crippen LogP contribution in [0.5, 0.6) is 0 Å². The Kier molecular flexibility index (Phi) is 4.76. The number of benzene rings is 1. The van der Waals surface area contributed by atoms with Crippen LogP contribution < -0.4 is 0 Å². The average Bonchev–Trinajstić information content (AvgIpc) is 2.14. The number of aryl methyl sites for hydroxylation is 3. The van der Waals surface area contributed by atoms with E-state index in [1.54, 1.807) is 0 Å². The van der Waals surface area contributed by atoms with E-state index in [-0.39, 0.29) is 6.10 Å². The minimum atomic E-state index is -0.335. The van der Waals surface area contributed by atoms with Crippen LogP contribution in [0.1, 0.15) is 55.5 Å². The van der Waals surface area contributed by atoms with Crippen LogP contribution in [0.25, 0.3) is 0 Å². The Bertz CT molecular complexity index is 356. The molecule has 0 saturated carbocycles. The van der Waals surface area contributed by atoms with E-state index in [1.807, 2.05) is 0 Å². The molecule has 2 atom stereocenters. The lowest BCUT2D eigenvalue weighted by Gasteiger charge is -2.24. The normalized spacial score (nSPS) is 15.1. The Morgan fingerprint density at radius 3 is 1.88 bits per heavy atom. The summed E-state index contributed by atoms with van der Waals surface area (Å²) in [5, 5.41) is 10.5. The van der Waals surface area contributed by atoms with E-state index < -0.39 is 0 Å². The molecule has 0 aromatic heterocycles. The maximum absolute atomic E-state index is 10.5. The van der Waals surface area contributed by atoms with Gasteiger partial charge in [0.05, 0.1) is 6.10 Å². The number of hydrogen-bond acceptors (Lipinski definition) is 1. The van der Waals surface area contributed by atoms with Gasteiger partial charge in [-0.05, 0) is 55.7 Å². The van der Waals surface area contributed by atoms with Gasteiger partial charge in [-0.15, -0.1) is 0 Å². The van der Waals surface area contributed by atoms with Crippen molar-refractivity contribution in [3.63, 3.8) is 0 Å². The fourth-order valence-electron chi connectivity index (χ4n) is 2.81.